The minimum Gasteiger partial charge on any atom is -0.385 e. The van der Waals surface area contributed by atoms with Gasteiger partial charge in [0.1, 0.15) is 0 Å². The van der Waals surface area contributed by atoms with Crippen LogP contribution in [-0.4, -0.2) is 63.8 Å². The van der Waals surface area contributed by atoms with Crippen molar-refractivity contribution in [1.82, 2.24) is 15.5 Å². The molecule has 0 aliphatic carbocycles. The highest BCUT2D eigenvalue weighted by molar-refractivity contribution is 5.79. The summed E-state index contributed by atoms with van der Waals surface area (Å²) in [6.07, 6.45) is 6.29. The lowest BCUT2D eigenvalue weighted by Crippen LogP contribution is -2.41. The van der Waals surface area contributed by atoms with Crippen molar-refractivity contribution >= 4 is 5.96 Å². The minimum absolute atomic E-state index is 0.759. The van der Waals surface area contributed by atoms with E-state index in [-0.39, 0.29) is 0 Å². The molecule has 1 aliphatic rings. The lowest BCUT2D eigenvalue weighted by molar-refractivity contribution is 0.159. The van der Waals surface area contributed by atoms with E-state index in [2.05, 4.69) is 27.4 Å². The monoisotopic (exact) mass is 284 g/mol. The number of likely N-dealkylation sites (tertiary alicyclic amines) is 1. The van der Waals surface area contributed by atoms with E-state index in [1.54, 1.807) is 7.11 Å². The molecule has 0 radical (unpaired) electrons. The maximum Gasteiger partial charge on any atom is 0.190 e. The summed E-state index contributed by atoms with van der Waals surface area (Å²) in [4.78, 5) is 6.84. The van der Waals surface area contributed by atoms with Crippen LogP contribution in [0.2, 0.25) is 0 Å². The van der Waals surface area contributed by atoms with E-state index >= 15 is 0 Å². The molecular formula is C15H32N4O. The standard InChI is InChI=1S/C15H32N4O/c1-14-8-4-5-11-19(14)12-6-9-17-15(16-2)18-10-7-13-20-3/h14H,4-13H2,1-3H3,(H2,16,17,18). The molecule has 1 rings (SSSR count). The first-order valence-corrected chi connectivity index (χ1v) is 7.95. The Balaban J connectivity index is 2.06. The maximum absolute atomic E-state index is 5.03. The van der Waals surface area contributed by atoms with Crippen molar-refractivity contribution in [1.29, 1.82) is 0 Å². The maximum atomic E-state index is 5.03. The second-order valence-corrected chi connectivity index (χ2v) is 5.51. The molecule has 1 heterocycles. The minimum atomic E-state index is 0.759. The molecule has 1 aliphatic heterocycles. The van der Waals surface area contributed by atoms with Crippen LogP contribution >= 0.6 is 0 Å². The first kappa shape index (κ1) is 17.2. The van der Waals surface area contributed by atoms with Gasteiger partial charge in [0.2, 0.25) is 0 Å². The van der Waals surface area contributed by atoms with Crippen molar-refractivity contribution in [2.75, 3.05) is 46.9 Å². The number of aliphatic imine (C=N–C) groups is 1. The van der Waals surface area contributed by atoms with Crippen LogP contribution in [0, 0.1) is 0 Å². The highest BCUT2D eigenvalue weighted by Gasteiger charge is 2.16. The molecule has 0 saturated carbocycles. The fraction of sp³-hybridized carbons (Fsp3) is 0.933. The number of guanidine groups is 1. The highest BCUT2D eigenvalue weighted by atomic mass is 16.5. The van der Waals surface area contributed by atoms with Crippen molar-refractivity contribution in [2.45, 2.75) is 45.1 Å². The van der Waals surface area contributed by atoms with E-state index in [4.69, 9.17) is 4.74 Å². The Kier molecular flexibility index (Phi) is 9.41. The number of ether oxygens (including phenoxy) is 1. The van der Waals surface area contributed by atoms with Gasteiger partial charge in [-0.2, -0.15) is 0 Å². The molecule has 0 amide bonds. The molecule has 0 aromatic rings. The molecule has 1 unspecified atom stereocenters. The fourth-order valence-electron chi connectivity index (χ4n) is 2.62. The van der Waals surface area contributed by atoms with Gasteiger partial charge in [-0.3, -0.25) is 4.99 Å². The van der Waals surface area contributed by atoms with Gasteiger partial charge in [0.05, 0.1) is 0 Å². The van der Waals surface area contributed by atoms with Gasteiger partial charge in [-0.05, 0) is 39.2 Å². The van der Waals surface area contributed by atoms with Crippen LogP contribution in [0.3, 0.4) is 0 Å². The molecule has 1 atom stereocenters. The Morgan fingerprint density at radius 3 is 2.65 bits per heavy atom. The van der Waals surface area contributed by atoms with Crippen molar-refractivity contribution in [3.63, 3.8) is 0 Å². The largest absolute Gasteiger partial charge is 0.385 e. The Labute approximate surface area is 124 Å². The molecule has 1 fully saturated rings. The summed E-state index contributed by atoms with van der Waals surface area (Å²) in [6, 6.07) is 0.759. The Morgan fingerprint density at radius 2 is 2.00 bits per heavy atom. The van der Waals surface area contributed by atoms with Crippen LogP contribution in [0.1, 0.15) is 39.0 Å². The van der Waals surface area contributed by atoms with Crippen LogP contribution in [0.4, 0.5) is 0 Å². The summed E-state index contributed by atoms with van der Waals surface area (Å²) in [6.45, 7) is 7.48. The molecule has 0 bridgehead atoms. The van der Waals surface area contributed by atoms with Crippen LogP contribution in [0.15, 0.2) is 4.99 Å². The lowest BCUT2D eigenvalue weighted by Gasteiger charge is -2.33. The van der Waals surface area contributed by atoms with Crippen LogP contribution in [-0.2, 0) is 4.74 Å². The molecule has 1 saturated heterocycles. The summed E-state index contributed by atoms with van der Waals surface area (Å²) in [5.41, 5.74) is 0. The Bertz CT molecular complexity index is 271. The first-order chi connectivity index (χ1) is 9.77. The van der Waals surface area contributed by atoms with Crippen molar-refractivity contribution in [3.05, 3.63) is 0 Å². The highest BCUT2D eigenvalue weighted by Crippen LogP contribution is 2.15. The van der Waals surface area contributed by atoms with E-state index < -0.39 is 0 Å². The summed E-state index contributed by atoms with van der Waals surface area (Å²) < 4.78 is 5.03. The van der Waals surface area contributed by atoms with E-state index in [0.717, 1.165) is 38.1 Å². The number of piperidine rings is 1. The summed E-state index contributed by atoms with van der Waals surface area (Å²) in [5, 5.41) is 6.67. The van der Waals surface area contributed by atoms with Crippen LogP contribution in [0.25, 0.3) is 0 Å². The van der Waals surface area contributed by atoms with E-state index in [1.807, 2.05) is 7.05 Å². The average Bonchev–Trinajstić information content (AvgIpc) is 2.47. The SMILES string of the molecule is CN=C(NCCCOC)NCCCN1CCCCC1C. The van der Waals surface area contributed by atoms with E-state index in [0.29, 0.717) is 0 Å². The number of hydrogen-bond acceptors (Lipinski definition) is 3. The summed E-state index contributed by atoms with van der Waals surface area (Å²) >= 11 is 0. The number of rotatable bonds is 8. The second-order valence-electron chi connectivity index (χ2n) is 5.51. The second kappa shape index (κ2) is 10.9. The third-order valence-corrected chi connectivity index (χ3v) is 3.90. The normalized spacial score (nSPS) is 20.9. The smallest absolute Gasteiger partial charge is 0.190 e. The molecule has 5 heteroatoms. The zero-order chi connectivity index (χ0) is 14.6. The van der Waals surface area contributed by atoms with Crippen LogP contribution in [0.5, 0.6) is 0 Å². The molecular weight excluding hydrogens is 252 g/mol. The number of methoxy groups -OCH3 is 1. The van der Waals surface area contributed by atoms with Crippen molar-refractivity contribution < 1.29 is 4.74 Å². The number of nitrogens with one attached hydrogen (secondary N) is 2. The third kappa shape index (κ3) is 7.10. The molecule has 0 spiro atoms. The van der Waals surface area contributed by atoms with Gasteiger partial charge in [0.25, 0.3) is 0 Å². The van der Waals surface area contributed by atoms with Gasteiger partial charge in [0.15, 0.2) is 5.96 Å². The first-order valence-electron chi connectivity index (χ1n) is 7.95. The van der Waals surface area contributed by atoms with Gasteiger partial charge in [0, 0.05) is 46.4 Å². The van der Waals surface area contributed by atoms with Gasteiger partial charge < -0.3 is 20.3 Å². The molecule has 20 heavy (non-hydrogen) atoms. The Morgan fingerprint density at radius 1 is 1.25 bits per heavy atom. The zero-order valence-corrected chi connectivity index (χ0v) is 13.5. The average molecular weight is 284 g/mol. The van der Waals surface area contributed by atoms with Crippen molar-refractivity contribution in [2.24, 2.45) is 4.99 Å². The van der Waals surface area contributed by atoms with E-state index in [9.17, 15) is 0 Å². The fourth-order valence-corrected chi connectivity index (χ4v) is 2.62. The molecule has 2 N–H and O–H groups in total. The summed E-state index contributed by atoms with van der Waals surface area (Å²) in [5.74, 6) is 0.896. The third-order valence-electron chi connectivity index (χ3n) is 3.90. The molecule has 118 valence electrons. The molecule has 0 aromatic heterocycles. The predicted molar refractivity (Wildman–Crippen MR) is 85.4 cm³/mol. The van der Waals surface area contributed by atoms with Gasteiger partial charge >= 0.3 is 0 Å². The quantitative estimate of drug-likeness (QED) is 0.402. The number of nitrogens with zero attached hydrogens (tertiary/aromatic N) is 2. The van der Waals surface area contributed by atoms with Crippen LogP contribution < -0.4 is 10.6 Å². The Hall–Kier alpha value is -0.810. The van der Waals surface area contributed by atoms with Gasteiger partial charge in [-0.25, -0.2) is 0 Å². The lowest BCUT2D eigenvalue weighted by atomic mass is 10.0. The van der Waals surface area contributed by atoms with E-state index in [1.165, 1.54) is 38.8 Å². The molecule has 0 aromatic carbocycles. The molecule has 5 nitrogen and oxygen atoms in total. The van der Waals surface area contributed by atoms with Gasteiger partial charge in [-0.1, -0.05) is 6.42 Å². The topological polar surface area (TPSA) is 48.9 Å². The van der Waals surface area contributed by atoms with Gasteiger partial charge in [-0.15, -0.1) is 0 Å². The number of hydrogen-bond donors (Lipinski definition) is 2. The predicted octanol–water partition coefficient (Wildman–Crippen LogP) is 1.45. The van der Waals surface area contributed by atoms with Crippen molar-refractivity contribution in [3.8, 4) is 0 Å². The summed E-state index contributed by atoms with van der Waals surface area (Å²) in [7, 11) is 3.55. The zero-order valence-electron chi connectivity index (χ0n) is 13.5.